The summed E-state index contributed by atoms with van der Waals surface area (Å²) < 4.78 is 2.87. The average Bonchev–Trinajstić information content (AvgIpc) is 3.01. The predicted molar refractivity (Wildman–Crippen MR) is 78.8 cm³/mol. The second-order valence-electron chi connectivity index (χ2n) is 4.70. The molecule has 22 heavy (non-hydrogen) atoms. The van der Waals surface area contributed by atoms with Gasteiger partial charge in [0.1, 0.15) is 12.2 Å². The number of carboxylic acid groups (broad SMARTS) is 1. The summed E-state index contributed by atoms with van der Waals surface area (Å²) >= 11 is 5.91. The first-order chi connectivity index (χ1) is 10.5. The molecule has 0 radical (unpaired) electrons. The lowest BCUT2D eigenvalue weighted by Crippen LogP contribution is -2.28. The fourth-order valence-corrected chi connectivity index (χ4v) is 2.07. The van der Waals surface area contributed by atoms with Crippen LogP contribution >= 0.6 is 11.6 Å². The van der Waals surface area contributed by atoms with Gasteiger partial charge in [-0.15, -0.1) is 0 Å². The van der Waals surface area contributed by atoms with E-state index in [0.717, 1.165) is 10.4 Å². The molecule has 0 aliphatic rings. The average molecular weight is 326 g/mol. The minimum absolute atomic E-state index is 0.223. The van der Waals surface area contributed by atoms with Crippen LogP contribution in [0.5, 0.6) is 0 Å². The van der Waals surface area contributed by atoms with Gasteiger partial charge in [-0.25, -0.2) is 4.68 Å². The van der Waals surface area contributed by atoms with Crippen molar-refractivity contribution >= 4 is 23.5 Å². The van der Waals surface area contributed by atoms with Gasteiger partial charge in [-0.3, -0.25) is 14.3 Å². The lowest BCUT2D eigenvalue weighted by molar-refractivity contribution is -0.137. The minimum Gasteiger partial charge on any atom is -0.480 e. The first-order valence-corrected chi connectivity index (χ1v) is 7.06. The van der Waals surface area contributed by atoms with Crippen molar-refractivity contribution in [1.29, 1.82) is 0 Å². The van der Waals surface area contributed by atoms with Gasteiger partial charge in [-0.2, -0.15) is 10.2 Å². The summed E-state index contributed by atoms with van der Waals surface area (Å²) in [5.41, 5.74) is 0.989. The Balaban J connectivity index is 1.80. The Morgan fingerprint density at radius 1 is 1.45 bits per heavy atom. The Morgan fingerprint density at radius 3 is 2.86 bits per heavy atom. The standard InChI is InChI=1S/C13H16ClN5O3/c1-9-10(14)7-18(17-9)6-2-4-15-13(22)11-3-5-16-19(11)8-12(20)21/h3,5,7H,2,4,6,8H2,1H3,(H,15,22)(H,20,21). The molecule has 2 aromatic heterocycles. The van der Waals surface area contributed by atoms with Crippen LogP contribution < -0.4 is 5.32 Å². The fraction of sp³-hybridized carbons (Fsp3) is 0.385. The molecular formula is C13H16ClN5O3. The summed E-state index contributed by atoms with van der Waals surface area (Å²) in [6.07, 6.45) is 3.81. The molecule has 0 aromatic carbocycles. The molecule has 0 bridgehead atoms. The van der Waals surface area contributed by atoms with Crippen LogP contribution in [0.2, 0.25) is 5.02 Å². The van der Waals surface area contributed by atoms with E-state index in [9.17, 15) is 9.59 Å². The third-order valence-electron chi connectivity index (χ3n) is 2.97. The van der Waals surface area contributed by atoms with Gasteiger partial charge in [0.05, 0.1) is 10.7 Å². The summed E-state index contributed by atoms with van der Waals surface area (Å²) in [6.45, 7) is 2.54. The monoisotopic (exact) mass is 325 g/mol. The molecule has 118 valence electrons. The normalized spacial score (nSPS) is 10.6. The highest BCUT2D eigenvalue weighted by atomic mass is 35.5. The number of aromatic nitrogens is 4. The number of halogens is 1. The summed E-state index contributed by atoms with van der Waals surface area (Å²) in [6, 6.07) is 1.48. The summed E-state index contributed by atoms with van der Waals surface area (Å²) in [5, 5.41) is 20.1. The van der Waals surface area contributed by atoms with Crippen LogP contribution in [0.25, 0.3) is 0 Å². The number of amides is 1. The van der Waals surface area contributed by atoms with Crippen molar-refractivity contribution in [2.24, 2.45) is 0 Å². The first kappa shape index (κ1) is 16.0. The molecule has 8 nitrogen and oxygen atoms in total. The van der Waals surface area contributed by atoms with Crippen LogP contribution in [0.3, 0.4) is 0 Å². The number of hydrogen-bond donors (Lipinski definition) is 2. The molecule has 0 aliphatic heterocycles. The van der Waals surface area contributed by atoms with Crippen molar-refractivity contribution in [2.75, 3.05) is 6.54 Å². The Bertz CT molecular complexity index is 660. The van der Waals surface area contributed by atoms with Gasteiger partial charge in [0, 0.05) is 25.5 Å². The van der Waals surface area contributed by atoms with Crippen LogP contribution in [0.1, 0.15) is 22.6 Å². The van der Waals surface area contributed by atoms with Crippen molar-refractivity contribution in [2.45, 2.75) is 26.4 Å². The second-order valence-corrected chi connectivity index (χ2v) is 5.11. The SMILES string of the molecule is Cc1nn(CCCNC(=O)c2ccnn2CC(=O)O)cc1Cl. The summed E-state index contributed by atoms with van der Waals surface area (Å²) in [7, 11) is 0. The van der Waals surface area contributed by atoms with Crippen LogP contribution in [0.4, 0.5) is 0 Å². The molecule has 0 fully saturated rings. The Kier molecular flexibility index (Phi) is 5.16. The molecule has 1 amide bonds. The topological polar surface area (TPSA) is 102 Å². The number of carbonyl (C=O) groups excluding carboxylic acids is 1. The van der Waals surface area contributed by atoms with Gasteiger partial charge in [0.2, 0.25) is 0 Å². The molecule has 0 aliphatic carbocycles. The zero-order valence-corrected chi connectivity index (χ0v) is 12.7. The van der Waals surface area contributed by atoms with Gasteiger partial charge >= 0.3 is 5.97 Å². The quantitative estimate of drug-likeness (QED) is 0.738. The van der Waals surface area contributed by atoms with Gasteiger partial charge in [-0.1, -0.05) is 11.6 Å². The lowest BCUT2D eigenvalue weighted by atomic mass is 10.3. The van der Waals surface area contributed by atoms with Gasteiger partial charge in [-0.05, 0) is 19.4 Å². The van der Waals surface area contributed by atoms with E-state index in [1.54, 1.807) is 10.9 Å². The van der Waals surface area contributed by atoms with Crippen molar-refractivity contribution in [3.8, 4) is 0 Å². The van der Waals surface area contributed by atoms with E-state index in [0.29, 0.717) is 24.5 Å². The molecule has 0 saturated heterocycles. The number of carboxylic acids is 1. The molecule has 2 aromatic rings. The number of nitrogens with one attached hydrogen (secondary N) is 1. The molecule has 2 N–H and O–H groups in total. The maximum absolute atomic E-state index is 12.0. The number of nitrogens with zero attached hydrogens (tertiary/aromatic N) is 4. The predicted octanol–water partition coefficient (Wildman–Crippen LogP) is 0.946. The third kappa shape index (κ3) is 4.08. The van der Waals surface area contributed by atoms with Crippen molar-refractivity contribution < 1.29 is 14.7 Å². The van der Waals surface area contributed by atoms with Gasteiger partial charge in [0.15, 0.2) is 0 Å². The van der Waals surface area contributed by atoms with E-state index in [2.05, 4.69) is 15.5 Å². The number of hydrogen-bond acceptors (Lipinski definition) is 4. The number of aliphatic carboxylic acids is 1. The maximum atomic E-state index is 12.0. The highest BCUT2D eigenvalue weighted by Gasteiger charge is 2.13. The Labute approximate surface area is 131 Å². The Hall–Kier alpha value is -2.35. The van der Waals surface area contributed by atoms with Crippen LogP contribution in [0, 0.1) is 6.92 Å². The Morgan fingerprint density at radius 2 is 2.23 bits per heavy atom. The van der Waals surface area contributed by atoms with E-state index < -0.39 is 5.97 Å². The first-order valence-electron chi connectivity index (χ1n) is 6.68. The zero-order chi connectivity index (χ0) is 16.1. The molecule has 9 heteroatoms. The van der Waals surface area contributed by atoms with Crippen molar-refractivity contribution in [1.82, 2.24) is 24.9 Å². The van der Waals surface area contributed by atoms with E-state index in [1.165, 1.54) is 12.3 Å². The number of aryl methyl sites for hydroxylation is 2. The molecular weight excluding hydrogens is 310 g/mol. The third-order valence-corrected chi connectivity index (χ3v) is 3.34. The lowest BCUT2D eigenvalue weighted by Gasteiger charge is -2.07. The second kappa shape index (κ2) is 7.08. The van der Waals surface area contributed by atoms with Crippen LogP contribution in [-0.4, -0.2) is 43.1 Å². The van der Waals surface area contributed by atoms with E-state index in [-0.39, 0.29) is 18.1 Å². The van der Waals surface area contributed by atoms with Crippen molar-refractivity contribution in [3.63, 3.8) is 0 Å². The van der Waals surface area contributed by atoms with E-state index in [4.69, 9.17) is 16.7 Å². The summed E-state index contributed by atoms with van der Waals surface area (Å²) in [4.78, 5) is 22.6. The van der Waals surface area contributed by atoms with Crippen molar-refractivity contribution in [3.05, 3.63) is 34.9 Å². The molecule has 0 spiro atoms. The summed E-state index contributed by atoms with van der Waals surface area (Å²) in [5.74, 6) is -1.41. The largest absolute Gasteiger partial charge is 0.480 e. The molecule has 0 saturated carbocycles. The minimum atomic E-state index is -1.05. The molecule has 0 unspecified atom stereocenters. The fourth-order valence-electron chi connectivity index (χ4n) is 1.92. The maximum Gasteiger partial charge on any atom is 0.325 e. The highest BCUT2D eigenvalue weighted by Crippen LogP contribution is 2.11. The highest BCUT2D eigenvalue weighted by molar-refractivity contribution is 6.31. The van der Waals surface area contributed by atoms with Gasteiger partial charge < -0.3 is 10.4 Å². The smallest absolute Gasteiger partial charge is 0.325 e. The van der Waals surface area contributed by atoms with Crippen LogP contribution in [-0.2, 0) is 17.9 Å². The van der Waals surface area contributed by atoms with Crippen LogP contribution in [0.15, 0.2) is 18.5 Å². The van der Waals surface area contributed by atoms with E-state index in [1.807, 2.05) is 6.92 Å². The zero-order valence-electron chi connectivity index (χ0n) is 12.0. The number of carbonyl (C=O) groups is 2. The molecule has 0 atom stereocenters. The van der Waals surface area contributed by atoms with E-state index >= 15 is 0 Å². The number of rotatable bonds is 7. The molecule has 2 rings (SSSR count). The van der Waals surface area contributed by atoms with Gasteiger partial charge in [0.25, 0.3) is 5.91 Å². The molecule has 2 heterocycles.